The van der Waals surface area contributed by atoms with Gasteiger partial charge in [-0.1, -0.05) is 13.0 Å². The van der Waals surface area contributed by atoms with E-state index in [1.54, 1.807) is 35.8 Å². The highest BCUT2D eigenvalue weighted by atomic mass is 19.4. The van der Waals surface area contributed by atoms with Crippen LogP contribution >= 0.6 is 0 Å². The minimum atomic E-state index is -4.81. The number of hydrogen-bond acceptors (Lipinski definition) is 8. The molecule has 2 aliphatic rings. The third-order valence-corrected chi connectivity index (χ3v) is 6.65. The van der Waals surface area contributed by atoms with Gasteiger partial charge >= 0.3 is 12.3 Å². The molecule has 0 bridgehead atoms. The first kappa shape index (κ1) is 27.7. The lowest BCUT2D eigenvalue weighted by atomic mass is 10.0. The second kappa shape index (κ2) is 11.6. The zero-order valence-electron chi connectivity index (χ0n) is 22.0. The van der Waals surface area contributed by atoms with E-state index in [-0.39, 0.29) is 24.6 Å². The minimum absolute atomic E-state index is 0.159. The first-order valence-electron chi connectivity index (χ1n) is 13.0. The van der Waals surface area contributed by atoms with Crippen molar-refractivity contribution in [2.45, 2.75) is 58.7 Å². The molecule has 4 heterocycles. The Hall–Kier alpha value is -3.31. The summed E-state index contributed by atoms with van der Waals surface area (Å²) in [6.07, 6.45) is -1.61. The molecule has 0 aromatic carbocycles. The van der Waals surface area contributed by atoms with Crippen molar-refractivity contribution in [3.05, 3.63) is 35.3 Å². The zero-order valence-corrected chi connectivity index (χ0v) is 22.0. The largest absolute Gasteiger partial charge is 0.447 e. The molecule has 2 saturated heterocycles. The standard InChI is InChI=1S/C26H34F3N5O4/c1-17(2)37-25(36)33-11-5-10-32(12-13-33)21-8-7-19(15-30-21)14-20(35)22-23(26(27,28)29)31-24(38-22)34-9-4-6-18(3)16-34/h7-8,15,17-18H,4-6,9-14,16H2,1-3H3. The molecule has 1 atom stereocenters. The molecule has 2 fully saturated rings. The molecule has 2 aromatic rings. The number of pyridine rings is 1. The Morgan fingerprint density at radius 2 is 1.87 bits per heavy atom. The van der Waals surface area contributed by atoms with Crippen molar-refractivity contribution in [1.82, 2.24) is 14.9 Å². The summed E-state index contributed by atoms with van der Waals surface area (Å²) < 4.78 is 51.8. The van der Waals surface area contributed by atoms with Crippen LogP contribution < -0.4 is 9.80 Å². The number of alkyl halides is 3. The maximum Gasteiger partial charge on any atom is 0.437 e. The number of Topliss-reactive ketones (excluding diaryl/α,β-unsaturated/α-hetero) is 1. The third kappa shape index (κ3) is 6.76. The number of ether oxygens (including phenoxy) is 1. The number of nitrogens with zero attached hydrogens (tertiary/aromatic N) is 5. The number of carbonyl (C=O) groups excluding carboxylic acids is 2. The monoisotopic (exact) mass is 537 g/mol. The second-order valence-electron chi connectivity index (χ2n) is 10.3. The fourth-order valence-electron chi connectivity index (χ4n) is 4.77. The van der Waals surface area contributed by atoms with E-state index in [0.717, 1.165) is 19.3 Å². The highest BCUT2D eigenvalue weighted by molar-refractivity contribution is 5.96. The van der Waals surface area contributed by atoms with Gasteiger partial charge in [0.25, 0.3) is 6.01 Å². The molecule has 12 heteroatoms. The molecule has 4 rings (SSSR count). The van der Waals surface area contributed by atoms with Crippen LogP contribution in [0, 0.1) is 5.92 Å². The van der Waals surface area contributed by atoms with Crippen molar-refractivity contribution in [3.63, 3.8) is 0 Å². The van der Waals surface area contributed by atoms with Crippen molar-refractivity contribution >= 4 is 23.7 Å². The smallest absolute Gasteiger partial charge is 0.437 e. The lowest BCUT2D eigenvalue weighted by Gasteiger charge is -2.29. The van der Waals surface area contributed by atoms with Crippen molar-refractivity contribution < 1.29 is 31.9 Å². The van der Waals surface area contributed by atoms with Gasteiger partial charge in [0.15, 0.2) is 5.69 Å². The summed E-state index contributed by atoms with van der Waals surface area (Å²) >= 11 is 0. The summed E-state index contributed by atoms with van der Waals surface area (Å²) in [4.78, 5) is 38.6. The zero-order chi connectivity index (χ0) is 27.4. The van der Waals surface area contributed by atoms with Crippen LogP contribution in [0.25, 0.3) is 0 Å². The van der Waals surface area contributed by atoms with Crippen molar-refractivity contribution in [1.29, 1.82) is 0 Å². The average Bonchev–Trinajstić information content (AvgIpc) is 3.17. The molecule has 0 N–H and O–H groups in total. The topological polar surface area (TPSA) is 92.0 Å². The molecular formula is C26H34F3N5O4. The summed E-state index contributed by atoms with van der Waals surface area (Å²) in [5, 5.41) is 0. The van der Waals surface area contributed by atoms with Gasteiger partial charge in [0.1, 0.15) is 5.82 Å². The highest BCUT2D eigenvalue weighted by Crippen LogP contribution is 2.35. The molecule has 2 aliphatic heterocycles. The minimum Gasteiger partial charge on any atom is -0.447 e. The number of piperidine rings is 1. The maximum absolute atomic E-state index is 13.7. The number of amides is 1. The number of hydrogen-bond donors (Lipinski definition) is 0. The predicted octanol–water partition coefficient (Wildman–Crippen LogP) is 4.81. The molecule has 0 radical (unpaired) electrons. The first-order valence-corrected chi connectivity index (χ1v) is 13.0. The average molecular weight is 538 g/mol. The quantitative estimate of drug-likeness (QED) is 0.485. The van der Waals surface area contributed by atoms with E-state index in [2.05, 4.69) is 9.97 Å². The van der Waals surface area contributed by atoms with E-state index in [1.165, 1.54) is 6.20 Å². The van der Waals surface area contributed by atoms with Gasteiger partial charge in [0.05, 0.1) is 6.10 Å². The van der Waals surface area contributed by atoms with Crippen LogP contribution in [0.4, 0.5) is 29.8 Å². The molecule has 9 nitrogen and oxygen atoms in total. The normalized spacial score (nSPS) is 19.0. The summed E-state index contributed by atoms with van der Waals surface area (Å²) in [7, 11) is 0. The van der Waals surface area contributed by atoms with Gasteiger partial charge in [0.2, 0.25) is 11.5 Å². The van der Waals surface area contributed by atoms with E-state index in [1.807, 2.05) is 11.8 Å². The number of carbonyl (C=O) groups is 2. The van der Waals surface area contributed by atoms with Gasteiger partial charge in [0, 0.05) is 51.9 Å². The fourth-order valence-corrected chi connectivity index (χ4v) is 4.77. The lowest BCUT2D eigenvalue weighted by Crippen LogP contribution is -2.36. The van der Waals surface area contributed by atoms with E-state index >= 15 is 0 Å². The van der Waals surface area contributed by atoms with Crippen LogP contribution in [-0.2, 0) is 17.3 Å². The van der Waals surface area contributed by atoms with E-state index in [0.29, 0.717) is 56.6 Å². The highest BCUT2D eigenvalue weighted by Gasteiger charge is 2.42. The number of ketones is 1. The molecule has 208 valence electrons. The van der Waals surface area contributed by atoms with Crippen LogP contribution in [0.1, 0.15) is 61.8 Å². The Morgan fingerprint density at radius 1 is 1.11 bits per heavy atom. The van der Waals surface area contributed by atoms with Crippen LogP contribution in [0.5, 0.6) is 0 Å². The Bertz CT molecular complexity index is 1120. The summed E-state index contributed by atoms with van der Waals surface area (Å²) in [6, 6.07) is 3.25. The predicted molar refractivity (Wildman–Crippen MR) is 134 cm³/mol. The van der Waals surface area contributed by atoms with E-state index in [4.69, 9.17) is 9.15 Å². The maximum atomic E-state index is 13.7. The molecule has 1 unspecified atom stereocenters. The fraction of sp³-hybridized carbons (Fsp3) is 0.615. The molecule has 1 amide bonds. The van der Waals surface area contributed by atoms with Crippen LogP contribution in [-0.4, -0.2) is 72.1 Å². The van der Waals surface area contributed by atoms with Crippen molar-refractivity contribution in [2.75, 3.05) is 49.1 Å². The van der Waals surface area contributed by atoms with Gasteiger partial charge in [-0.25, -0.2) is 9.78 Å². The Morgan fingerprint density at radius 3 is 2.53 bits per heavy atom. The molecule has 0 spiro atoms. The molecule has 38 heavy (non-hydrogen) atoms. The van der Waals surface area contributed by atoms with Gasteiger partial charge in [-0.05, 0) is 50.7 Å². The molecule has 0 aliphatic carbocycles. The van der Waals surface area contributed by atoms with Crippen LogP contribution in [0.3, 0.4) is 0 Å². The summed E-state index contributed by atoms with van der Waals surface area (Å²) in [5.74, 6) is -0.604. The first-order chi connectivity index (χ1) is 18.0. The summed E-state index contributed by atoms with van der Waals surface area (Å²) in [5.41, 5.74) is -0.821. The van der Waals surface area contributed by atoms with E-state index in [9.17, 15) is 22.8 Å². The lowest BCUT2D eigenvalue weighted by molar-refractivity contribution is -0.141. The van der Waals surface area contributed by atoms with Gasteiger partial charge in [-0.2, -0.15) is 18.2 Å². The molecular weight excluding hydrogens is 503 g/mol. The van der Waals surface area contributed by atoms with Crippen LogP contribution in [0.2, 0.25) is 0 Å². The Kier molecular flexibility index (Phi) is 8.47. The number of anilines is 2. The molecule has 0 saturated carbocycles. The molecule has 2 aromatic heterocycles. The second-order valence-corrected chi connectivity index (χ2v) is 10.3. The van der Waals surface area contributed by atoms with Gasteiger partial charge in [-0.15, -0.1) is 0 Å². The van der Waals surface area contributed by atoms with Crippen molar-refractivity contribution in [2.24, 2.45) is 5.92 Å². The number of halogens is 3. The number of oxazole rings is 1. The summed E-state index contributed by atoms with van der Waals surface area (Å²) in [6.45, 7) is 8.99. The SMILES string of the molecule is CC1CCCN(c2nc(C(F)(F)F)c(C(=O)Cc3ccc(N4CCCN(C(=O)OC(C)C)CC4)nc3)o2)C1. The Balaban J connectivity index is 1.42. The third-order valence-electron chi connectivity index (χ3n) is 6.65. The Labute approximate surface area is 219 Å². The van der Waals surface area contributed by atoms with Crippen molar-refractivity contribution in [3.8, 4) is 0 Å². The van der Waals surface area contributed by atoms with Gasteiger partial charge in [-0.3, -0.25) is 4.79 Å². The van der Waals surface area contributed by atoms with Gasteiger partial charge < -0.3 is 23.9 Å². The number of rotatable bonds is 6. The van der Waals surface area contributed by atoms with E-state index < -0.39 is 23.4 Å². The number of aromatic nitrogens is 2. The van der Waals surface area contributed by atoms with Crippen LogP contribution in [0.15, 0.2) is 22.7 Å².